The summed E-state index contributed by atoms with van der Waals surface area (Å²) in [6.07, 6.45) is 2.38. The number of halogens is 1. The molecule has 7 heteroatoms. The molecule has 1 heterocycles. The number of aromatic nitrogens is 1. The Morgan fingerprint density at radius 1 is 1.25 bits per heavy atom. The van der Waals surface area contributed by atoms with Crippen molar-refractivity contribution in [2.45, 2.75) is 27.2 Å². The molecule has 128 valence electrons. The number of hydrogen-bond acceptors (Lipinski definition) is 4. The van der Waals surface area contributed by atoms with Crippen molar-refractivity contribution in [3.63, 3.8) is 0 Å². The van der Waals surface area contributed by atoms with Gasteiger partial charge in [0.05, 0.1) is 6.54 Å². The van der Waals surface area contributed by atoms with E-state index >= 15 is 0 Å². The van der Waals surface area contributed by atoms with E-state index in [2.05, 4.69) is 15.6 Å². The molecule has 0 atom stereocenters. The SMILES string of the molecule is CC(C)(C)C(=O)NCC(=O)Nc1ncc(Cc2ccccc2Cl)s1. The van der Waals surface area contributed by atoms with Gasteiger partial charge in [-0.15, -0.1) is 11.3 Å². The fraction of sp³-hybridized carbons (Fsp3) is 0.353. The molecule has 0 saturated carbocycles. The number of nitrogens with one attached hydrogen (secondary N) is 2. The zero-order chi connectivity index (χ0) is 17.7. The van der Waals surface area contributed by atoms with Crippen molar-refractivity contribution in [2.24, 2.45) is 5.41 Å². The summed E-state index contributed by atoms with van der Waals surface area (Å²) in [5.41, 5.74) is 0.488. The second-order valence-corrected chi connectivity index (χ2v) is 7.90. The van der Waals surface area contributed by atoms with Gasteiger partial charge in [0.25, 0.3) is 0 Å². The minimum atomic E-state index is -0.524. The van der Waals surface area contributed by atoms with Gasteiger partial charge in [0, 0.05) is 27.9 Å². The van der Waals surface area contributed by atoms with E-state index in [1.807, 2.05) is 24.3 Å². The zero-order valence-corrected chi connectivity index (χ0v) is 15.4. The topological polar surface area (TPSA) is 71.1 Å². The Kier molecular flexibility index (Phi) is 5.96. The van der Waals surface area contributed by atoms with Gasteiger partial charge in [-0.05, 0) is 11.6 Å². The Labute approximate surface area is 150 Å². The van der Waals surface area contributed by atoms with Crippen molar-refractivity contribution >= 4 is 39.9 Å². The number of benzene rings is 1. The molecule has 0 spiro atoms. The van der Waals surface area contributed by atoms with Crippen LogP contribution in [0.15, 0.2) is 30.5 Å². The molecule has 0 fully saturated rings. The van der Waals surface area contributed by atoms with E-state index in [4.69, 9.17) is 11.6 Å². The highest BCUT2D eigenvalue weighted by molar-refractivity contribution is 7.15. The Morgan fingerprint density at radius 3 is 2.62 bits per heavy atom. The largest absolute Gasteiger partial charge is 0.347 e. The highest BCUT2D eigenvalue weighted by atomic mass is 35.5. The van der Waals surface area contributed by atoms with Gasteiger partial charge in [0.15, 0.2) is 5.13 Å². The summed E-state index contributed by atoms with van der Waals surface area (Å²) < 4.78 is 0. The van der Waals surface area contributed by atoms with Crippen LogP contribution in [0, 0.1) is 5.41 Å². The predicted molar refractivity (Wildman–Crippen MR) is 97.5 cm³/mol. The highest BCUT2D eigenvalue weighted by Gasteiger charge is 2.21. The molecule has 1 aromatic carbocycles. The van der Waals surface area contributed by atoms with Crippen LogP contribution in [-0.4, -0.2) is 23.3 Å². The third kappa shape index (κ3) is 5.32. The van der Waals surface area contributed by atoms with Crippen LogP contribution in [-0.2, 0) is 16.0 Å². The number of rotatable bonds is 5. The van der Waals surface area contributed by atoms with E-state index in [9.17, 15) is 9.59 Å². The standard InChI is InChI=1S/C17H20ClN3O2S/c1-17(2,3)15(23)19-10-14(22)21-16-20-9-12(24-16)8-11-6-4-5-7-13(11)18/h4-7,9H,8,10H2,1-3H3,(H,19,23)(H,20,21,22). The minimum absolute atomic E-state index is 0.0739. The molecule has 0 radical (unpaired) electrons. The summed E-state index contributed by atoms with van der Waals surface area (Å²) in [4.78, 5) is 28.8. The minimum Gasteiger partial charge on any atom is -0.347 e. The summed E-state index contributed by atoms with van der Waals surface area (Å²) in [5, 5.41) is 6.51. The predicted octanol–water partition coefficient (Wildman–Crippen LogP) is 3.49. The molecule has 0 aliphatic carbocycles. The van der Waals surface area contributed by atoms with Crippen LogP contribution in [0.1, 0.15) is 31.2 Å². The summed E-state index contributed by atoms with van der Waals surface area (Å²) in [7, 11) is 0. The average Bonchev–Trinajstić information content (AvgIpc) is 2.93. The van der Waals surface area contributed by atoms with Crippen molar-refractivity contribution in [1.29, 1.82) is 0 Å². The van der Waals surface area contributed by atoms with Gasteiger partial charge < -0.3 is 10.6 Å². The molecule has 2 amide bonds. The van der Waals surface area contributed by atoms with Gasteiger partial charge >= 0.3 is 0 Å². The average molecular weight is 366 g/mol. The van der Waals surface area contributed by atoms with E-state index in [-0.39, 0.29) is 18.4 Å². The lowest BCUT2D eigenvalue weighted by Gasteiger charge is -2.17. The molecule has 5 nitrogen and oxygen atoms in total. The van der Waals surface area contributed by atoms with Crippen LogP contribution >= 0.6 is 22.9 Å². The van der Waals surface area contributed by atoms with Gasteiger partial charge in [0.2, 0.25) is 11.8 Å². The first kappa shape index (κ1) is 18.4. The summed E-state index contributed by atoms with van der Waals surface area (Å²) in [5.74, 6) is -0.470. The molecule has 0 saturated heterocycles. The van der Waals surface area contributed by atoms with Crippen molar-refractivity contribution in [3.8, 4) is 0 Å². The maximum absolute atomic E-state index is 11.9. The van der Waals surface area contributed by atoms with Crippen molar-refractivity contribution in [3.05, 3.63) is 45.9 Å². The monoisotopic (exact) mass is 365 g/mol. The van der Waals surface area contributed by atoms with Crippen LogP contribution in [0.25, 0.3) is 0 Å². The normalized spacial score (nSPS) is 11.2. The molecule has 0 unspecified atom stereocenters. The first-order valence-electron chi connectivity index (χ1n) is 7.52. The molecule has 0 aliphatic rings. The van der Waals surface area contributed by atoms with Gasteiger partial charge in [-0.1, -0.05) is 50.6 Å². The Hall–Kier alpha value is -1.92. The number of thiazole rings is 1. The number of anilines is 1. The van der Waals surface area contributed by atoms with Crippen LogP contribution in [0.3, 0.4) is 0 Å². The molecule has 0 aliphatic heterocycles. The Bertz CT molecular complexity index is 737. The van der Waals surface area contributed by atoms with E-state index < -0.39 is 5.41 Å². The Morgan fingerprint density at radius 2 is 1.96 bits per heavy atom. The summed E-state index contributed by atoms with van der Waals surface area (Å²) >= 11 is 7.54. The molecule has 2 rings (SSSR count). The maximum Gasteiger partial charge on any atom is 0.245 e. The lowest BCUT2D eigenvalue weighted by atomic mass is 9.96. The number of carbonyl (C=O) groups is 2. The highest BCUT2D eigenvalue weighted by Crippen LogP contribution is 2.24. The first-order valence-corrected chi connectivity index (χ1v) is 8.71. The van der Waals surface area contributed by atoms with Crippen LogP contribution in [0.4, 0.5) is 5.13 Å². The van der Waals surface area contributed by atoms with Crippen LogP contribution in [0.2, 0.25) is 5.02 Å². The first-order chi connectivity index (χ1) is 11.3. The lowest BCUT2D eigenvalue weighted by molar-refractivity contribution is -0.130. The molecule has 0 bridgehead atoms. The second kappa shape index (κ2) is 7.77. The fourth-order valence-electron chi connectivity index (χ4n) is 1.87. The summed E-state index contributed by atoms with van der Waals surface area (Å²) in [6.45, 7) is 5.31. The molecule has 2 aromatic rings. The molecule has 2 N–H and O–H groups in total. The molecule has 1 aromatic heterocycles. The van der Waals surface area contributed by atoms with Crippen molar-refractivity contribution in [2.75, 3.05) is 11.9 Å². The molecule has 24 heavy (non-hydrogen) atoms. The third-order valence-corrected chi connectivity index (χ3v) is 4.49. The van der Waals surface area contributed by atoms with Gasteiger partial charge in [-0.25, -0.2) is 4.98 Å². The molecular formula is C17H20ClN3O2S. The number of nitrogens with zero attached hydrogens (tertiary/aromatic N) is 1. The van der Waals surface area contributed by atoms with E-state index in [0.29, 0.717) is 16.6 Å². The summed E-state index contributed by atoms with van der Waals surface area (Å²) in [6, 6.07) is 7.62. The third-order valence-electron chi connectivity index (χ3n) is 3.21. The quantitative estimate of drug-likeness (QED) is 0.852. The fourth-order valence-corrected chi connectivity index (χ4v) is 2.92. The second-order valence-electron chi connectivity index (χ2n) is 6.38. The van der Waals surface area contributed by atoms with Crippen molar-refractivity contribution in [1.82, 2.24) is 10.3 Å². The van der Waals surface area contributed by atoms with Gasteiger partial charge in [-0.3, -0.25) is 9.59 Å². The number of hydrogen-bond donors (Lipinski definition) is 2. The van der Waals surface area contributed by atoms with E-state index in [1.54, 1.807) is 27.0 Å². The maximum atomic E-state index is 11.9. The van der Waals surface area contributed by atoms with Crippen LogP contribution in [0.5, 0.6) is 0 Å². The van der Waals surface area contributed by atoms with Crippen LogP contribution < -0.4 is 10.6 Å². The van der Waals surface area contributed by atoms with Gasteiger partial charge in [-0.2, -0.15) is 0 Å². The lowest BCUT2D eigenvalue weighted by Crippen LogP contribution is -2.39. The number of amides is 2. The van der Waals surface area contributed by atoms with E-state index in [1.165, 1.54) is 11.3 Å². The smallest absolute Gasteiger partial charge is 0.245 e. The zero-order valence-electron chi connectivity index (χ0n) is 13.9. The number of carbonyl (C=O) groups excluding carboxylic acids is 2. The van der Waals surface area contributed by atoms with E-state index in [0.717, 1.165) is 10.4 Å². The molecular weight excluding hydrogens is 346 g/mol. The van der Waals surface area contributed by atoms with Gasteiger partial charge in [0.1, 0.15) is 0 Å². The van der Waals surface area contributed by atoms with Crippen molar-refractivity contribution < 1.29 is 9.59 Å². The Balaban J connectivity index is 1.88.